The van der Waals surface area contributed by atoms with Gasteiger partial charge in [0.05, 0.1) is 0 Å². The maximum absolute atomic E-state index is 13.8. The molecule has 5 nitrogen and oxygen atoms in total. The quantitative estimate of drug-likeness (QED) is 0.595. The van der Waals surface area contributed by atoms with E-state index in [0.717, 1.165) is 0 Å². The summed E-state index contributed by atoms with van der Waals surface area (Å²) in [7, 11) is 0. The molecule has 30 heavy (non-hydrogen) atoms. The molecular formula is C22H21F2N3O2S. The van der Waals surface area contributed by atoms with Gasteiger partial charge in [-0.2, -0.15) is 0 Å². The standard InChI is InChI=1S/C22H21F2N3O2S/c23-17-5-7-18(8-6-17)29-14-21-25-20(15-30-21)22(28)27-11-9-26(10-12-27)13-16-3-1-2-4-19(16)24/h1-8,15H,9-14H2. The van der Waals surface area contributed by atoms with Gasteiger partial charge in [-0.15, -0.1) is 11.3 Å². The van der Waals surface area contributed by atoms with Crippen LogP contribution in [-0.4, -0.2) is 46.9 Å². The summed E-state index contributed by atoms with van der Waals surface area (Å²) < 4.78 is 32.4. The van der Waals surface area contributed by atoms with Crippen molar-refractivity contribution in [3.8, 4) is 5.75 Å². The highest BCUT2D eigenvalue weighted by atomic mass is 32.1. The monoisotopic (exact) mass is 429 g/mol. The van der Waals surface area contributed by atoms with Crippen LogP contribution in [0.15, 0.2) is 53.9 Å². The smallest absolute Gasteiger partial charge is 0.273 e. The van der Waals surface area contributed by atoms with Crippen LogP contribution in [0.1, 0.15) is 21.1 Å². The van der Waals surface area contributed by atoms with Crippen molar-refractivity contribution in [2.24, 2.45) is 0 Å². The molecule has 1 amide bonds. The third-order valence-corrected chi connectivity index (χ3v) is 5.78. The number of nitrogens with zero attached hydrogens (tertiary/aromatic N) is 3. The summed E-state index contributed by atoms with van der Waals surface area (Å²) in [5.41, 5.74) is 1.07. The van der Waals surface area contributed by atoms with E-state index in [1.165, 1.54) is 29.5 Å². The summed E-state index contributed by atoms with van der Waals surface area (Å²) in [6, 6.07) is 12.5. The van der Waals surface area contributed by atoms with Crippen LogP contribution in [0, 0.1) is 11.6 Å². The van der Waals surface area contributed by atoms with E-state index >= 15 is 0 Å². The number of hydrogen-bond donors (Lipinski definition) is 0. The van der Waals surface area contributed by atoms with E-state index < -0.39 is 0 Å². The van der Waals surface area contributed by atoms with Gasteiger partial charge in [0.1, 0.15) is 34.7 Å². The van der Waals surface area contributed by atoms with Gasteiger partial charge in [-0.05, 0) is 30.3 Å². The number of piperazine rings is 1. The largest absolute Gasteiger partial charge is 0.486 e. The van der Waals surface area contributed by atoms with E-state index in [9.17, 15) is 13.6 Å². The van der Waals surface area contributed by atoms with E-state index in [1.807, 2.05) is 6.07 Å². The van der Waals surface area contributed by atoms with Crippen LogP contribution in [0.25, 0.3) is 0 Å². The number of thiazole rings is 1. The van der Waals surface area contributed by atoms with Crippen LogP contribution in [0.5, 0.6) is 5.75 Å². The Bertz CT molecular complexity index is 1000. The molecule has 0 unspecified atom stereocenters. The molecule has 0 saturated carbocycles. The number of ether oxygens (including phenoxy) is 1. The van der Waals surface area contributed by atoms with Crippen molar-refractivity contribution in [1.82, 2.24) is 14.8 Å². The van der Waals surface area contributed by atoms with Gasteiger partial charge in [-0.25, -0.2) is 13.8 Å². The fraction of sp³-hybridized carbons (Fsp3) is 0.273. The van der Waals surface area contributed by atoms with Crippen molar-refractivity contribution in [2.45, 2.75) is 13.2 Å². The predicted molar refractivity (Wildman–Crippen MR) is 110 cm³/mol. The van der Waals surface area contributed by atoms with E-state index in [1.54, 1.807) is 34.5 Å². The summed E-state index contributed by atoms with van der Waals surface area (Å²) in [4.78, 5) is 21.1. The van der Waals surface area contributed by atoms with Crippen molar-refractivity contribution < 1.29 is 18.3 Å². The molecule has 1 saturated heterocycles. The maximum atomic E-state index is 13.8. The molecule has 0 radical (unpaired) electrons. The summed E-state index contributed by atoms with van der Waals surface area (Å²) in [6.07, 6.45) is 0. The maximum Gasteiger partial charge on any atom is 0.273 e. The Balaban J connectivity index is 1.28. The van der Waals surface area contributed by atoms with Crippen molar-refractivity contribution in [1.29, 1.82) is 0 Å². The van der Waals surface area contributed by atoms with Crippen LogP contribution >= 0.6 is 11.3 Å². The Morgan fingerprint density at radius 2 is 1.77 bits per heavy atom. The van der Waals surface area contributed by atoms with Crippen LogP contribution in [-0.2, 0) is 13.2 Å². The Labute approximate surface area is 177 Å². The zero-order chi connectivity index (χ0) is 20.9. The Morgan fingerprint density at radius 1 is 1.03 bits per heavy atom. The summed E-state index contributed by atoms with van der Waals surface area (Å²) in [5, 5.41) is 2.41. The average Bonchev–Trinajstić information content (AvgIpc) is 3.24. The molecular weight excluding hydrogens is 408 g/mol. The number of amides is 1. The van der Waals surface area contributed by atoms with Crippen molar-refractivity contribution in [3.05, 3.63) is 81.8 Å². The highest BCUT2D eigenvalue weighted by molar-refractivity contribution is 7.09. The highest BCUT2D eigenvalue weighted by Gasteiger charge is 2.24. The van der Waals surface area contributed by atoms with E-state index in [2.05, 4.69) is 9.88 Å². The Hall–Kier alpha value is -2.84. The first kappa shape index (κ1) is 20.4. The minimum atomic E-state index is -0.321. The lowest BCUT2D eigenvalue weighted by molar-refractivity contribution is 0.0621. The first-order chi connectivity index (χ1) is 14.6. The summed E-state index contributed by atoms with van der Waals surface area (Å²) >= 11 is 1.36. The minimum absolute atomic E-state index is 0.107. The lowest BCUT2D eigenvalue weighted by Gasteiger charge is -2.34. The lowest BCUT2D eigenvalue weighted by atomic mass is 10.2. The molecule has 0 aliphatic carbocycles. The SMILES string of the molecule is O=C(c1csc(COc2ccc(F)cc2)n1)N1CCN(Cc2ccccc2F)CC1. The van der Waals surface area contributed by atoms with Gasteiger partial charge in [0.15, 0.2) is 0 Å². The Kier molecular flexibility index (Phi) is 6.35. The molecule has 0 spiro atoms. The molecule has 8 heteroatoms. The summed E-state index contributed by atoms with van der Waals surface area (Å²) in [5.74, 6) is -0.0809. The molecule has 3 aromatic rings. The second-order valence-electron chi connectivity index (χ2n) is 7.03. The normalized spacial score (nSPS) is 14.7. The van der Waals surface area contributed by atoms with Crippen LogP contribution in [0.3, 0.4) is 0 Å². The second-order valence-corrected chi connectivity index (χ2v) is 7.97. The second kappa shape index (κ2) is 9.32. The number of hydrogen-bond acceptors (Lipinski definition) is 5. The number of halogens is 2. The third-order valence-electron chi connectivity index (χ3n) is 4.96. The average molecular weight is 429 g/mol. The van der Waals surface area contributed by atoms with Gasteiger partial charge in [-0.1, -0.05) is 18.2 Å². The molecule has 1 aromatic heterocycles. The van der Waals surface area contributed by atoms with Gasteiger partial charge in [0.25, 0.3) is 5.91 Å². The number of benzene rings is 2. The zero-order valence-corrected chi connectivity index (χ0v) is 17.1. The summed E-state index contributed by atoms with van der Waals surface area (Å²) in [6.45, 7) is 3.28. The fourth-order valence-corrected chi connectivity index (χ4v) is 3.97. The van der Waals surface area contributed by atoms with E-state index in [0.29, 0.717) is 54.7 Å². The van der Waals surface area contributed by atoms with E-state index in [4.69, 9.17) is 4.74 Å². The van der Waals surface area contributed by atoms with Gasteiger partial charge in [-0.3, -0.25) is 9.69 Å². The third kappa shape index (κ3) is 5.01. The molecule has 0 bridgehead atoms. The highest BCUT2D eigenvalue weighted by Crippen LogP contribution is 2.18. The fourth-order valence-electron chi connectivity index (χ4n) is 3.29. The van der Waals surface area contributed by atoms with Crippen LogP contribution in [0.2, 0.25) is 0 Å². The Morgan fingerprint density at radius 3 is 2.50 bits per heavy atom. The van der Waals surface area contributed by atoms with Crippen LogP contribution in [0.4, 0.5) is 8.78 Å². The number of rotatable bonds is 6. The molecule has 1 fully saturated rings. The molecule has 0 N–H and O–H groups in total. The van der Waals surface area contributed by atoms with Crippen LogP contribution < -0.4 is 4.74 Å². The molecule has 4 rings (SSSR count). The lowest BCUT2D eigenvalue weighted by Crippen LogP contribution is -2.48. The number of carbonyl (C=O) groups excluding carboxylic acids is 1. The van der Waals surface area contributed by atoms with Crippen molar-refractivity contribution >= 4 is 17.2 Å². The van der Waals surface area contributed by atoms with Gasteiger partial charge >= 0.3 is 0 Å². The minimum Gasteiger partial charge on any atom is -0.486 e. The van der Waals surface area contributed by atoms with Gasteiger partial charge in [0.2, 0.25) is 0 Å². The first-order valence-electron chi connectivity index (χ1n) is 9.66. The molecule has 156 valence electrons. The molecule has 0 atom stereocenters. The topological polar surface area (TPSA) is 45.7 Å². The predicted octanol–water partition coefficient (Wildman–Crippen LogP) is 3.96. The zero-order valence-electron chi connectivity index (χ0n) is 16.3. The first-order valence-corrected chi connectivity index (χ1v) is 10.5. The number of carbonyl (C=O) groups is 1. The molecule has 1 aliphatic rings. The van der Waals surface area contributed by atoms with E-state index in [-0.39, 0.29) is 24.1 Å². The van der Waals surface area contributed by atoms with Gasteiger partial charge in [0, 0.05) is 43.7 Å². The number of aromatic nitrogens is 1. The van der Waals surface area contributed by atoms with Crippen molar-refractivity contribution in [3.63, 3.8) is 0 Å². The molecule has 1 aliphatic heterocycles. The molecule has 2 heterocycles. The molecule has 2 aromatic carbocycles. The van der Waals surface area contributed by atoms with Crippen molar-refractivity contribution in [2.75, 3.05) is 26.2 Å². The van der Waals surface area contributed by atoms with Gasteiger partial charge < -0.3 is 9.64 Å².